The van der Waals surface area contributed by atoms with Crippen molar-refractivity contribution in [2.75, 3.05) is 17.9 Å². The van der Waals surface area contributed by atoms with Gasteiger partial charge in [-0.1, -0.05) is 17.7 Å². The molecule has 0 bridgehead atoms. The molecule has 0 spiro atoms. The maximum absolute atomic E-state index is 12.6. The molecular formula is C19H17F3N2O3S. The number of Topliss-reactive ketones (excluding diaryl/α,β-unsaturated/α-hetero) is 1. The van der Waals surface area contributed by atoms with Crippen LogP contribution in [-0.2, 0) is 10.6 Å². The fourth-order valence-corrected chi connectivity index (χ4v) is 3.28. The Morgan fingerprint density at radius 3 is 2.39 bits per heavy atom. The molecule has 0 unspecified atom stereocenters. The molecule has 0 saturated carbocycles. The number of carbonyl (C=O) groups is 1. The number of hydrogen-bond acceptors (Lipinski definition) is 6. The van der Waals surface area contributed by atoms with Crippen molar-refractivity contribution in [3.8, 4) is 5.75 Å². The van der Waals surface area contributed by atoms with Crippen LogP contribution in [0.3, 0.4) is 0 Å². The average molecular weight is 410 g/mol. The van der Waals surface area contributed by atoms with E-state index >= 15 is 0 Å². The molecule has 2 aromatic carbocycles. The zero-order valence-electron chi connectivity index (χ0n) is 14.8. The predicted molar refractivity (Wildman–Crippen MR) is 101 cm³/mol. The van der Waals surface area contributed by atoms with Crippen LogP contribution in [-0.4, -0.2) is 24.8 Å². The molecule has 0 aliphatic carbocycles. The fraction of sp³-hybridized carbons (Fsp3) is 0.211. The Kier molecular flexibility index (Phi) is 6.15. The topological polar surface area (TPSA) is 50.8 Å². The molecule has 0 amide bonds. The van der Waals surface area contributed by atoms with Crippen molar-refractivity contribution in [2.45, 2.75) is 11.9 Å². The molecule has 1 aliphatic rings. The number of allylic oxidation sites excluding steroid dienone is 1. The lowest BCUT2D eigenvalue weighted by atomic mass is 10.1. The Morgan fingerprint density at radius 2 is 1.82 bits per heavy atom. The molecular weight excluding hydrogens is 393 g/mol. The van der Waals surface area contributed by atoms with Crippen molar-refractivity contribution in [1.29, 1.82) is 0 Å². The highest BCUT2D eigenvalue weighted by atomic mass is 32.2. The van der Waals surface area contributed by atoms with Crippen LogP contribution in [0.15, 0.2) is 60.5 Å². The minimum absolute atomic E-state index is 0.0535. The van der Waals surface area contributed by atoms with Crippen LogP contribution in [0.4, 0.5) is 18.9 Å². The number of ketones is 1. The van der Waals surface area contributed by atoms with E-state index in [2.05, 4.69) is 10.4 Å². The van der Waals surface area contributed by atoms with Gasteiger partial charge in [0.1, 0.15) is 5.75 Å². The highest BCUT2D eigenvalue weighted by molar-refractivity contribution is 7.99. The molecule has 0 fully saturated rings. The van der Waals surface area contributed by atoms with Gasteiger partial charge in [-0.3, -0.25) is 4.79 Å². The number of nitrogens with one attached hydrogen (secondary N) is 1. The molecule has 28 heavy (non-hydrogen) atoms. The quantitative estimate of drug-likeness (QED) is 0.680. The van der Waals surface area contributed by atoms with E-state index in [1.165, 1.54) is 11.8 Å². The van der Waals surface area contributed by atoms with Gasteiger partial charge >= 0.3 is 6.18 Å². The molecule has 0 radical (unpaired) electrons. The Balaban J connectivity index is 1.53. The van der Waals surface area contributed by atoms with Gasteiger partial charge in [0.05, 0.1) is 24.7 Å². The molecule has 148 valence electrons. The number of hydrogen-bond donors (Lipinski definition) is 1. The number of thioether (sulfide) groups is 1. The summed E-state index contributed by atoms with van der Waals surface area (Å²) in [7, 11) is 1.60. The van der Waals surface area contributed by atoms with Crippen molar-refractivity contribution in [1.82, 2.24) is 5.59 Å². The molecule has 1 N–H and O–H groups in total. The largest absolute Gasteiger partial charge is 0.497 e. The van der Waals surface area contributed by atoms with E-state index in [0.29, 0.717) is 22.8 Å². The second-order valence-electron chi connectivity index (χ2n) is 5.87. The van der Waals surface area contributed by atoms with Crippen molar-refractivity contribution >= 4 is 23.2 Å². The number of ether oxygens (including phenoxy) is 1. The summed E-state index contributed by atoms with van der Waals surface area (Å²) in [6, 6.07) is 13.9. The van der Waals surface area contributed by atoms with E-state index in [9.17, 15) is 18.0 Å². The standard InChI is InChI=1S/C19H17F3N2O3S/c1-26-16-8-2-13(3-9-16)11-28-12-17(25)14-4-6-15(7-5-14)24-10-18(27-23-24)19(20,21)22/h2-10,23H,11-12H2,1H3. The first-order valence-electron chi connectivity index (χ1n) is 8.21. The summed E-state index contributed by atoms with van der Waals surface area (Å²) in [5, 5.41) is 1.09. The zero-order valence-corrected chi connectivity index (χ0v) is 15.6. The zero-order chi connectivity index (χ0) is 20.1. The number of halogens is 3. The molecule has 0 atom stereocenters. The lowest BCUT2D eigenvalue weighted by Gasteiger charge is -2.13. The van der Waals surface area contributed by atoms with Gasteiger partial charge in [0.15, 0.2) is 5.78 Å². The summed E-state index contributed by atoms with van der Waals surface area (Å²) in [6.45, 7) is 0. The number of nitrogens with zero attached hydrogens (tertiary/aromatic N) is 1. The van der Waals surface area contributed by atoms with Crippen molar-refractivity contribution in [3.05, 3.63) is 71.6 Å². The third kappa shape index (κ3) is 4.99. The lowest BCUT2D eigenvalue weighted by Crippen LogP contribution is -2.27. The number of rotatable bonds is 7. The fourth-order valence-electron chi connectivity index (χ4n) is 2.40. The highest BCUT2D eigenvalue weighted by Crippen LogP contribution is 2.30. The number of methoxy groups -OCH3 is 1. The van der Waals surface area contributed by atoms with E-state index in [1.807, 2.05) is 24.3 Å². The number of carbonyl (C=O) groups excluding carboxylic acids is 1. The number of anilines is 1. The Bertz CT molecular complexity index is 852. The molecule has 5 nitrogen and oxygen atoms in total. The van der Waals surface area contributed by atoms with Gasteiger partial charge in [-0.05, 0) is 42.0 Å². The molecule has 0 saturated heterocycles. The normalized spacial score (nSPS) is 13.9. The van der Waals surface area contributed by atoms with Gasteiger partial charge in [-0.15, -0.1) is 11.8 Å². The number of benzene rings is 2. The van der Waals surface area contributed by atoms with E-state index in [4.69, 9.17) is 4.74 Å². The molecule has 0 aromatic heterocycles. The van der Waals surface area contributed by atoms with Gasteiger partial charge in [-0.2, -0.15) is 13.2 Å². The van der Waals surface area contributed by atoms with Crippen molar-refractivity contribution in [2.24, 2.45) is 0 Å². The van der Waals surface area contributed by atoms with Crippen LogP contribution in [0.1, 0.15) is 15.9 Å². The lowest BCUT2D eigenvalue weighted by molar-refractivity contribution is -0.136. The molecule has 3 rings (SSSR count). The molecule has 9 heteroatoms. The van der Waals surface area contributed by atoms with Crippen molar-refractivity contribution < 1.29 is 27.5 Å². The minimum Gasteiger partial charge on any atom is -0.497 e. The average Bonchev–Trinajstić information content (AvgIpc) is 3.19. The third-order valence-corrected chi connectivity index (χ3v) is 4.91. The summed E-state index contributed by atoms with van der Waals surface area (Å²) in [6.07, 6.45) is -3.76. The first-order chi connectivity index (χ1) is 13.4. The summed E-state index contributed by atoms with van der Waals surface area (Å²) >= 11 is 1.49. The van der Waals surface area contributed by atoms with Crippen LogP contribution < -0.4 is 15.3 Å². The Hall–Kier alpha value is -2.65. The van der Waals surface area contributed by atoms with Crippen LogP contribution >= 0.6 is 11.8 Å². The second kappa shape index (κ2) is 8.57. The molecule has 2 aromatic rings. The maximum atomic E-state index is 12.6. The van der Waals surface area contributed by atoms with E-state index in [1.54, 1.807) is 31.4 Å². The summed E-state index contributed by atoms with van der Waals surface area (Å²) in [4.78, 5) is 16.7. The van der Waals surface area contributed by atoms with Crippen LogP contribution in [0, 0.1) is 0 Å². The molecule has 1 heterocycles. The molecule has 1 aliphatic heterocycles. The number of alkyl halides is 3. The number of hydrazine groups is 1. The van der Waals surface area contributed by atoms with Gasteiger partial charge in [0.25, 0.3) is 0 Å². The van der Waals surface area contributed by atoms with Crippen molar-refractivity contribution in [3.63, 3.8) is 0 Å². The first-order valence-corrected chi connectivity index (χ1v) is 9.37. The van der Waals surface area contributed by atoms with Crippen LogP contribution in [0.25, 0.3) is 0 Å². The highest BCUT2D eigenvalue weighted by Gasteiger charge is 2.40. The van der Waals surface area contributed by atoms with Gasteiger partial charge < -0.3 is 9.57 Å². The Labute approximate surface area is 164 Å². The second-order valence-corrected chi connectivity index (χ2v) is 6.85. The van der Waals surface area contributed by atoms with Gasteiger partial charge in [-0.25, -0.2) is 5.01 Å². The monoisotopic (exact) mass is 410 g/mol. The predicted octanol–water partition coefficient (Wildman–Crippen LogP) is 4.47. The summed E-state index contributed by atoms with van der Waals surface area (Å²) in [5.74, 6) is 0.576. The summed E-state index contributed by atoms with van der Waals surface area (Å²) < 4.78 is 42.9. The summed E-state index contributed by atoms with van der Waals surface area (Å²) in [5.41, 5.74) is 4.16. The van der Waals surface area contributed by atoms with Crippen LogP contribution in [0.5, 0.6) is 5.75 Å². The van der Waals surface area contributed by atoms with E-state index in [0.717, 1.165) is 22.5 Å². The van der Waals surface area contributed by atoms with E-state index < -0.39 is 11.9 Å². The van der Waals surface area contributed by atoms with E-state index in [-0.39, 0.29) is 5.78 Å². The first kappa shape index (κ1) is 20.1. The smallest absolute Gasteiger partial charge is 0.453 e. The van der Waals surface area contributed by atoms with Gasteiger partial charge in [0.2, 0.25) is 5.76 Å². The Morgan fingerprint density at radius 1 is 1.14 bits per heavy atom. The minimum atomic E-state index is -4.57. The maximum Gasteiger partial charge on any atom is 0.453 e. The van der Waals surface area contributed by atoms with Gasteiger partial charge in [0, 0.05) is 11.3 Å². The SMILES string of the molecule is COc1ccc(CSCC(=O)c2ccc(N3C=C(C(F)(F)F)ON3)cc2)cc1. The van der Waals surface area contributed by atoms with Crippen LogP contribution in [0.2, 0.25) is 0 Å². The third-order valence-electron chi connectivity index (χ3n) is 3.91.